The van der Waals surface area contributed by atoms with Crippen LogP contribution in [0.25, 0.3) is 22.3 Å². The van der Waals surface area contributed by atoms with Gasteiger partial charge in [-0.2, -0.15) is 4.98 Å². The van der Waals surface area contributed by atoms with Gasteiger partial charge in [0, 0.05) is 11.8 Å². The number of hydrogen-bond donors (Lipinski definition) is 2. The van der Waals surface area contributed by atoms with Gasteiger partial charge in [-0.05, 0) is 30.0 Å². The van der Waals surface area contributed by atoms with E-state index in [9.17, 15) is 18.7 Å². The van der Waals surface area contributed by atoms with Gasteiger partial charge in [-0.3, -0.25) is 9.36 Å². The van der Waals surface area contributed by atoms with Crippen LogP contribution in [-0.2, 0) is 9.53 Å². The van der Waals surface area contributed by atoms with Crippen LogP contribution in [0.3, 0.4) is 0 Å². The van der Waals surface area contributed by atoms with E-state index in [1.807, 2.05) is 6.92 Å². The number of aromatic hydroxyl groups is 1. The molecule has 0 saturated heterocycles. The van der Waals surface area contributed by atoms with Gasteiger partial charge in [0.2, 0.25) is 0 Å². The fourth-order valence-corrected chi connectivity index (χ4v) is 3.47. The Morgan fingerprint density at radius 1 is 1.32 bits per heavy atom. The van der Waals surface area contributed by atoms with Crippen LogP contribution in [-0.4, -0.2) is 38.3 Å². The average molecular weight is 453 g/mol. The molecule has 1 aromatic carbocycles. The van der Waals surface area contributed by atoms with Crippen LogP contribution >= 0.6 is 11.6 Å². The van der Waals surface area contributed by atoms with Crippen molar-refractivity contribution in [1.82, 2.24) is 14.5 Å². The summed E-state index contributed by atoms with van der Waals surface area (Å²) in [6, 6.07) is 1.69. The molecule has 0 bridgehead atoms. The maximum absolute atomic E-state index is 13.9. The second-order valence-corrected chi connectivity index (χ2v) is 7.93. The summed E-state index contributed by atoms with van der Waals surface area (Å²) in [5.41, 5.74) is 6.91. The van der Waals surface area contributed by atoms with Crippen molar-refractivity contribution in [1.29, 1.82) is 0 Å². The second kappa shape index (κ2) is 9.15. The molecule has 0 amide bonds. The zero-order chi connectivity index (χ0) is 22.9. The maximum atomic E-state index is 13.9. The lowest BCUT2D eigenvalue weighted by atomic mass is 10.0. The van der Waals surface area contributed by atoms with Crippen LogP contribution in [0.5, 0.6) is 6.01 Å². The zero-order valence-electron chi connectivity index (χ0n) is 17.3. The van der Waals surface area contributed by atoms with Crippen LogP contribution in [0.4, 0.5) is 8.78 Å². The molecule has 0 saturated carbocycles. The molecular weight excluding hydrogens is 430 g/mol. The Bertz CT molecular complexity index is 1120. The third kappa shape index (κ3) is 4.47. The quantitative estimate of drug-likeness (QED) is 0.520. The number of nitrogens with two attached hydrogens (primary N) is 1. The van der Waals surface area contributed by atoms with Gasteiger partial charge in [-0.15, -0.1) is 0 Å². The van der Waals surface area contributed by atoms with E-state index in [-0.39, 0.29) is 34.8 Å². The summed E-state index contributed by atoms with van der Waals surface area (Å²) in [5.74, 6) is -2.70. The van der Waals surface area contributed by atoms with Crippen molar-refractivity contribution < 1.29 is 23.4 Å². The number of imidazole rings is 1. The van der Waals surface area contributed by atoms with Crippen LogP contribution in [0.15, 0.2) is 24.4 Å². The van der Waals surface area contributed by atoms with Gasteiger partial charge in [-0.1, -0.05) is 38.4 Å². The number of aromatic nitrogens is 3. The summed E-state index contributed by atoms with van der Waals surface area (Å²) < 4.78 is 34.2. The van der Waals surface area contributed by atoms with Crippen molar-refractivity contribution >= 4 is 28.7 Å². The highest BCUT2D eigenvalue weighted by Crippen LogP contribution is 2.38. The highest BCUT2D eigenvalue weighted by molar-refractivity contribution is 6.34. The number of rotatable bonds is 7. The summed E-state index contributed by atoms with van der Waals surface area (Å²) in [4.78, 5) is 20.4. The minimum Gasteiger partial charge on any atom is -0.480 e. The molecule has 2 heterocycles. The molecule has 0 aliphatic carbocycles. The lowest BCUT2D eigenvalue weighted by Gasteiger charge is -2.21. The third-order valence-corrected chi connectivity index (χ3v) is 5.39. The molecular formula is C21H23ClF2N4O3. The predicted octanol–water partition coefficient (Wildman–Crippen LogP) is 4.21. The summed E-state index contributed by atoms with van der Waals surface area (Å²) in [7, 11) is 0. The van der Waals surface area contributed by atoms with Crippen molar-refractivity contribution in [2.45, 2.75) is 39.3 Å². The monoisotopic (exact) mass is 452 g/mol. The Labute approximate surface area is 182 Å². The van der Waals surface area contributed by atoms with Gasteiger partial charge in [0.15, 0.2) is 17.3 Å². The van der Waals surface area contributed by atoms with Gasteiger partial charge in [0.25, 0.3) is 6.01 Å². The normalized spacial score (nSPS) is 13.5. The summed E-state index contributed by atoms with van der Waals surface area (Å²) in [6.07, 6.45) is 1.77. The van der Waals surface area contributed by atoms with Crippen LogP contribution < -0.4 is 5.73 Å². The van der Waals surface area contributed by atoms with Gasteiger partial charge >= 0.3 is 5.97 Å². The number of halogens is 3. The first-order valence-electron chi connectivity index (χ1n) is 9.78. The molecule has 31 heavy (non-hydrogen) atoms. The van der Waals surface area contributed by atoms with Gasteiger partial charge in [0.1, 0.15) is 18.2 Å². The van der Waals surface area contributed by atoms with Crippen molar-refractivity contribution in [3.8, 4) is 17.1 Å². The molecule has 0 spiro atoms. The minimum atomic E-state index is -1.04. The second-order valence-electron chi connectivity index (χ2n) is 7.53. The number of benzene rings is 1. The molecule has 166 valence electrons. The highest BCUT2D eigenvalue weighted by atomic mass is 35.5. The molecule has 2 atom stereocenters. The average Bonchev–Trinajstić information content (AvgIpc) is 3.06. The maximum Gasteiger partial charge on any atom is 0.323 e. The van der Waals surface area contributed by atoms with Crippen molar-refractivity contribution in [3.05, 3.63) is 41.1 Å². The zero-order valence-corrected chi connectivity index (χ0v) is 18.0. The molecule has 7 nitrogen and oxygen atoms in total. The number of fused-ring (bicyclic) bond motifs is 1. The Morgan fingerprint density at radius 3 is 2.65 bits per heavy atom. The molecule has 0 radical (unpaired) electrons. The lowest BCUT2D eigenvalue weighted by molar-refractivity contribution is -0.147. The Hall–Kier alpha value is -2.78. The standard InChI is InChI=1S/C21H23ClF2N4O3/c1-4-12(9-31-20(29)17(25)10(2)3)28-18-16(11-5-6-14(23)15(24)7-11)13(22)8-26-19(18)27-21(28)30/h5-8,10,12,17H,4,9,25H2,1-3H3,(H,26,27,30)/t12-,17-/m0/s1. The number of nitrogens with zero attached hydrogens (tertiary/aromatic N) is 3. The van der Waals surface area contributed by atoms with Crippen molar-refractivity contribution in [2.75, 3.05) is 6.61 Å². The van der Waals surface area contributed by atoms with E-state index in [0.29, 0.717) is 17.5 Å². The smallest absolute Gasteiger partial charge is 0.323 e. The third-order valence-electron chi connectivity index (χ3n) is 5.10. The number of pyridine rings is 1. The SMILES string of the molecule is CC[C@@H](COC(=O)[C@@H](N)C(C)C)n1c(O)nc2ncc(Cl)c(-c3ccc(F)c(F)c3)c21. The topological polar surface area (TPSA) is 103 Å². The number of carbonyl (C=O) groups excluding carboxylic acids is 1. The summed E-state index contributed by atoms with van der Waals surface area (Å²) in [6.45, 7) is 5.36. The number of ether oxygens (including phenoxy) is 1. The number of carbonyl (C=O) groups is 1. The molecule has 3 rings (SSSR count). The van der Waals surface area contributed by atoms with Crippen LogP contribution in [0, 0.1) is 17.6 Å². The van der Waals surface area contributed by atoms with E-state index < -0.39 is 29.7 Å². The first kappa shape index (κ1) is 22.9. The fourth-order valence-electron chi connectivity index (χ4n) is 3.22. The number of hydrogen-bond acceptors (Lipinski definition) is 6. The van der Waals surface area contributed by atoms with Gasteiger partial charge in [0.05, 0.1) is 11.1 Å². The first-order chi connectivity index (χ1) is 14.6. The predicted molar refractivity (Wildman–Crippen MR) is 113 cm³/mol. The molecule has 0 aliphatic rings. The Balaban J connectivity index is 2.09. The molecule has 3 aromatic rings. The van der Waals surface area contributed by atoms with E-state index in [2.05, 4.69) is 9.97 Å². The van der Waals surface area contributed by atoms with E-state index in [1.165, 1.54) is 16.8 Å². The fraction of sp³-hybridized carbons (Fsp3) is 0.381. The minimum absolute atomic E-state index is 0.0848. The highest BCUT2D eigenvalue weighted by Gasteiger charge is 2.26. The summed E-state index contributed by atoms with van der Waals surface area (Å²) in [5, 5.41) is 10.7. The largest absolute Gasteiger partial charge is 0.480 e. The molecule has 0 aliphatic heterocycles. The first-order valence-corrected chi connectivity index (χ1v) is 10.2. The van der Waals surface area contributed by atoms with Crippen molar-refractivity contribution in [2.24, 2.45) is 11.7 Å². The van der Waals surface area contributed by atoms with Gasteiger partial charge in [-0.25, -0.2) is 13.8 Å². The van der Waals surface area contributed by atoms with E-state index in [1.54, 1.807) is 13.8 Å². The van der Waals surface area contributed by atoms with Crippen LogP contribution in [0.2, 0.25) is 5.02 Å². The number of esters is 1. The van der Waals surface area contributed by atoms with E-state index in [4.69, 9.17) is 22.1 Å². The van der Waals surface area contributed by atoms with Crippen LogP contribution in [0.1, 0.15) is 33.2 Å². The molecule has 10 heteroatoms. The Kier molecular flexibility index (Phi) is 6.76. The molecule has 0 unspecified atom stereocenters. The van der Waals surface area contributed by atoms with E-state index >= 15 is 0 Å². The van der Waals surface area contributed by atoms with Gasteiger partial charge < -0.3 is 15.6 Å². The molecule has 2 aromatic heterocycles. The Morgan fingerprint density at radius 2 is 2.03 bits per heavy atom. The lowest BCUT2D eigenvalue weighted by Crippen LogP contribution is -2.37. The summed E-state index contributed by atoms with van der Waals surface area (Å²) >= 11 is 6.36. The van der Waals surface area contributed by atoms with Crippen molar-refractivity contribution in [3.63, 3.8) is 0 Å². The molecule has 3 N–H and O–H groups in total. The molecule has 0 fully saturated rings. The van der Waals surface area contributed by atoms with E-state index in [0.717, 1.165) is 12.1 Å².